The van der Waals surface area contributed by atoms with Crippen molar-refractivity contribution in [3.05, 3.63) is 23.2 Å². The molecule has 3 N–H and O–H groups in total. The Balaban J connectivity index is 2.62. The predicted octanol–water partition coefficient (Wildman–Crippen LogP) is 2.68. The van der Waals surface area contributed by atoms with Gasteiger partial charge in [0.1, 0.15) is 5.75 Å². The average Bonchev–Trinajstić information content (AvgIpc) is 2.25. The summed E-state index contributed by atoms with van der Waals surface area (Å²) in [5.41, 5.74) is 6.45. The molecule has 1 rings (SSSR count). The first-order valence-electron chi connectivity index (χ1n) is 4.91. The molecule has 5 heteroatoms. The zero-order valence-electron chi connectivity index (χ0n) is 9.29. The van der Waals surface area contributed by atoms with Gasteiger partial charge in [-0.05, 0) is 18.2 Å². The SMILES string of the molecule is COc1ccc(NCC(C)C(N)=S)cc1Cl. The van der Waals surface area contributed by atoms with Crippen LogP contribution in [-0.4, -0.2) is 18.6 Å². The summed E-state index contributed by atoms with van der Waals surface area (Å²) in [4.78, 5) is 0.507. The van der Waals surface area contributed by atoms with Gasteiger partial charge in [-0.25, -0.2) is 0 Å². The van der Waals surface area contributed by atoms with Crippen LogP contribution in [0.4, 0.5) is 5.69 Å². The third-order valence-corrected chi connectivity index (χ3v) is 2.95. The second-order valence-corrected chi connectivity index (χ2v) is 4.41. The molecule has 1 unspecified atom stereocenters. The molecule has 0 heterocycles. The van der Waals surface area contributed by atoms with E-state index in [4.69, 9.17) is 34.3 Å². The fraction of sp³-hybridized carbons (Fsp3) is 0.364. The molecule has 0 spiro atoms. The maximum Gasteiger partial charge on any atom is 0.137 e. The number of anilines is 1. The number of halogens is 1. The number of rotatable bonds is 5. The van der Waals surface area contributed by atoms with Crippen molar-refractivity contribution < 1.29 is 4.74 Å². The summed E-state index contributed by atoms with van der Waals surface area (Å²) in [6.45, 7) is 2.67. The van der Waals surface area contributed by atoms with E-state index in [0.717, 1.165) is 5.69 Å². The second kappa shape index (κ2) is 5.92. The predicted molar refractivity (Wildman–Crippen MR) is 72.4 cm³/mol. The number of methoxy groups -OCH3 is 1. The van der Waals surface area contributed by atoms with Crippen molar-refractivity contribution in [1.29, 1.82) is 0 Å². The van der Waals surface area contributed by atoms with Gasteiger partial charge in [-0.2, -0.15) is 0 Å². The summed E-state index contributed by atoms with van der Waals surface area (Å²) >= 11 is 10.9. The average molecular weight is 259 g/mol. The molecule has 0 aliphatic carbocycles. The Hall–Kier alpha value is -1.00. The highest BCUT2D eigenvalue weighted by Crippen LogP contribution is 2.27. The first-order chi connectivity index (χ1) is 7.54. The van der Waals surface area contributed by atoms with E-state index < -0.39 is 0 Å². The van der Waals surface area contributed by atoms with Crippen LogP contribution in [0.2, 0.25) is 5.02 Å². The molecule has 0 aromatic heterocycles. The van der Waals surface area contributed by atoms with E-state index in [1.165, 1.54) is 0 Å². The largest absolute Gasteiger partial charge is 0.495 e. The molecule has 0 amide bonds. The molecule has 16 heavy (non-hydrogen) atoms. The summed E-state index contributed by atoms with van der Waals surface area (Å²) < 4.78 is 5.06. The van der Waals surface area contributed by atoms with E-state index in [-0.39, 0.29) is 5.92 Å². The van der Waals surface area contributed by atoms with Gasteiger partial charge in [0.25, 0.3) is 0 Å². The minimum atomic E-state index is 0.149. The van der Waals surface area contributed by atoms with Crippen molar-refractivity contribution in [2.24, 2.45) is 11.7 Å². The van der Waals surface area contributed by atoms with E-state index >= 15 is 0 Å². The van der Waals surface area contributed by atoms with Crippen molar-refractivity contribution >= 4 is 34.5 Å². The molecule has 88 valence electrons. The monoisotopic (exact) mass is 258 g/mol. The highest BCUT2D eigenvalue weighted by Gasteiger charge is 2.06. The summed E-state index contributed by atoms with van der Waals surface area (Å²) in [7, 11) is 1.59. The van der Waals surface area contributed by atoms with Crippen LogP contribution >= 0.6 is 23.8 Å². The number of ether oxygens (including phenoxy) is 1. The zero-order chi connectivity index (χ0) is 12.1. The van der Waals surface area contributed by atoms with Crippen LogP contribution in [0.5, 0.6) is 5.75 Å². The van der Waals surface area contributed by atoms with E-state index in [0.29, 0.717) is 22.3 Å². The summed E-state index contributed by atoms with van der Waals surface area (Å²) in [6.07, 6.45) is 0. The van der Waals surface area contributed by atoms with Crippen LogP contribution in [0.25, 0.3) is 0 Å². The van der Waals surface area contributed by atoms with Crippen molar-refractivity contribution in [3.8, 4) is 5.75 Å². The standard InChI is InChI=1S/C11H15ClN2OS/c1-7(11(13)16)6-14-8-3-4-10(15-2)9(12)5-8/h3-5,7,14H,6H2,1-2H3,(H2,13,16). The highest BCUT2D eigenvalue weighted by atomic mass is 35.5. The lowest BCUT2D eigenvalue weighted by Crippen LogP contribution is -2.25. The summed E-state index contributed by atoms with van der Waals surface area (Å²) in [5.74, 6) is 0.811. The Morgan fingerprint density at radius 2 is 2.31 bits per heavy atom. The molecule has 0 radical (unpaired) electrons. The molecule has 0 bridgehead atoms. The minimum Gasteiger partial charge on any atom is -0.495 e. The number of hydrogen-bond donors (Lipinski definition) is 2. The van der Waals surface area contributed by atoms with Crippen LogP contribution in [0.15, 0.2) is 18.2 Å². The third-order valence-electron chi connectivity index (χ3n) is 2.25. The van der Waals surface area contributed by atoms with Crippen molar-refractivity contribution in [1.82, 2.24) is 0 Å². The van der Waals surface area contributed by atoms with Gasteiger partial charge < -0.3 is 15.8 Å². The first-order valence-corrected chi connectivity index (χ1v) is 5.70. The van der Waals surface area contributed by atoms with Gasteiger partial charge >= 0.3 is 0 Å². The summed E-state index contributed by atoms with van der Waals surface area (Å²) in [5, 5.41) is 3.79. The first kappa shape index (κ1) is 13.1. The van der Waals surface area contributed by atoms with Crippen molar-refractivity contribution in [3.63, 3.8) is 0 Å². The van der Waals surface area contributed by atoms with Crippen LogP contribution in [0.3, 0.4) is 0 Å². The highest BCUT2D eigenvalue weighted by molar-refractivity contribution is 7.80. The van der Waals surface area contributed by atoms with Crippen LogP contribution in [0.1, 0.15) is 6.92 Å². The van der Waals surface area contributed by atoms with E-state index in [2.05, 4.69) is 5.32 Å². The molecule has 1 atom stereocenters. The van der Waals surface area contributed by atoms with Crippen LogP contribution < -0.4 is 15.8 Å². The molecule has 3 nitrogen and oxygen atoms in total. The van der Waals surface area contributed by atoms with Crippen molar-refractivity contribution in [2.45, 2.75) is 6.92 Å². The van der Waals surface area contributed by atoms with Crippen molar-refractivity contribution in [2.75, 3.05) is 19.0 Å². The van der Waals surface area contributed by atoms with Crippen LogP contribution in [-0.2, 0) is 0 Å². The Morgan fingerprint density at radius 1 is 1.62 bits per heavy atom. The molecule has 1 aromatic rings. The molecular weight excluding hydrogens is 244 g/mol. The molecule has 1 aromatic carbocycles. The van der Waals surface area contributed by atoms with Gasteiger partial charge in [0.15, 0.2) is 0 Å². The summed E-state index contributed by atoms with van der Waals surface area (Å²) in [6, 6.07) is 5.53. The van der Waals surface area contributed by atoms with Gasteiger partial charge in [0, 0.05) is 18.2 Å². The maximum atomic E-state index is 5.99. The Morgan fingerprint density at radius 3 is 2.81 bits per heavy atom. The van der Waals surface area contributed by atoms with Gasteiger partial charge in [-0.1, -0.05) is 30.7 Å². The van der Waals surface area contributed by atoms with Gasteiger partial charge in [-0.15, -0.1) is 0 Å². The third kappa shape index (κ3) is 3.54. The Labute approximate surface area is 106 Å². The van der Waals surface area contributed by atoms with Gasteiger partial charge in [0.05, 0.1) is 17.1 Å². The van der Waals surface area contributed by atoms with E-state index in [1.54, 1.807) is 7.11 Å². The number of nitrogens with two attached hydrogens (primary N) is 1. The lowest BCUT2D eigenvalue weighted by molar-refractivity contribution is 0.415. The van der Waals surface area contributed by atoms with E-state index in [1.807, 2.05) is 25.1 Å². The number of thiocarbonyl (C=S) groups is 1. The molecule has 0 saturated heterocycles. The molecule has 0 saturated carbocycles. The number of hydrogen-bond acceptors (Lipinski definition) is 3. The Bertz CT molecular complexity index is 384. The zero-order valence-corrected chi connectivity index (χ0v) is 10.9. The lowest BCUT2D eigenvalue weighted by Gasteiger charge is -2.13. The Kier molecular flexibility index (Phi) is 4.83. The molecular formula is C11H15ClN2OS. The smallest absolute Gasteiger partial charge is 0.137 e. The molecule has 0 fully saturated rings. The number of benzene rings is 1. The molecule has 0 aliphatic rings. The minimum absolute atomic E-state index is 0.149. The molecule has 0 aliphatic heterocycles. The quantitative estimate of drug-likeness (QED) is 0.798. The second-order valence-electron chi connectivity index (χ2n) is 3.53. The topological polar surface area (TPSA) is 47.3 Å². The van der Waals surface area contributed by atoms with Gasteiger partial charge in [-0.3, -0.25) is 0 Å². The fourth-order valence-corrected chi connectivity index (χ4v) is 1.49. The normalized spacial score (nSPS) is 11.9. The lowest BCUT2D eigenvalue weighted by atomic mass is 10.2. The number of nitrogens with one attached hydrogen (secondary N) is 1. The van der Waals surface area contributed by atoms with E-state index in [9.17, 15) is 0 Å². The van der Waals surface area contributed by atoms with Gasteiger partial charge in [0.2, 0.25) is 0 Å². The van der Waals surface area contributed by atoms with Crippen LogP contribution in [0, 0.1) is 5.92 Å². The fourth-order valence-electron chi connectivity index (χ4n) is 1.15. The maximum absolute atomic E-state index is 5.99.